The van der Waals surface area contributed by atoms with Gasteiger partial charge in [0, 0.05) is 16.7 Å². The zero-order valence-electron chi connectivity index (χ0n) is 11.5. The molecule has 0 spiro atoms. The quantitative estimate of drug-likeness (QED) is 0.916. The maximum absolute atomic E-state index is 5.36. The van der Waals surface area contributed by atoms with Gasteiger partial charge in [-0.15, -0.1) is 11.8 Å². The van der Waals surface area contributed by atoms with Gasteiger partial charge in [0.2, 0.25) is 5.88 Å². The van der Waals surface area contributed by atoms with E-state index < -0.39 is 0 Å². The third-order valence-corrected chi connectivity index (χ3v) is 4.45. The molecule has 0 amide bonds. The van der Waals surface area contributed by atoms with Gasteiger partial charge in [0.25, 0.3) is 0 Å². The molecule has 0 radical (unpaired) electrons. The standard InChI is InChI=1S/C16H18N2OS/c1-2-19-16-8-7-12(11-17-16)18-14-9-10-20-15-6-4-3-5-13(14)15/h3-8,11,14,18H,2,9-10H2,1H3. The highest BCUT2D eigenvalue weighted by Crippen LogP contribution is 2.37. The minimum Gasteiger partial charge on any atom is -0.478 e. The van der Waals surface area contributed by atoms with Crippen molar-refractivity contribution in [2.75, 3.05) is 17.7 Å². The molecule has 2 heterocycles. The lowest BCUT2D eigenvalue weighted by molar-refractivity contribution is 0.327. The van der Waals surface area contributed by atoms with Gasteiger partial charge in [0.1, 0.15) is 0 Å². The van der Waals surface area contributed by atoms with E-state index >= 15 is 0 Å². The number of rotatable bonds is 4. The molecule has 1 aromatic carbocycles. The second kappa shape index (κ2) is 6.18. The van der Waals surface area contributed by atoms with Gasteiger partial charge in [-0.1, -0.05) is 18.2 Å². The van der Waals surface area contributed by atoms with Crippen LogP contribution in [0.15, 0.2) is 47.5 Å². The van der Waals surface area contributed by atoms with Crippen LogP contribution in [0.1, 0.15) is 24.9 Å². The Hall–Kier alpha value is -1.68. The van der Waals surface area contributed by atoms with E-state index in [1.54, 1.807) is 0 Å². The van der Waals surface area contributed by atoms with Crippen molar-refractivity contribution in [3.05, 3.63) is 48.2 Å². The Kier molecular flexibility index (Phi) is 4.11. The monoisotopic (exact) mass is 286 g/mol. The van der Waals surface area contributed by atoms with E-state index in [9.17, 15) is 0 Å². The molecule has 0 saturated heterocycles. The number of anilines is 1. The van der Waals surface area contributed by atoms with Crippen LogP contribution in [0.4, 0.5) is 5.69 Å². The summed E-state index contributed by atoms with van der Waals surface area (Å²) in [6, 6.07) is 12.9. The largest absolute Gasteiger partial charge is 0.478 e. The van der Waals surface area contributed by atoms with Crippen molar-refractivity contribution >= 4 is 17.4 Å². The summed E-state index contributed by atoms with van der Waals surface area (Å²) in [4.78, 5) is 5.68. The molecule has 104 valence electrons. The topological polar surface area (TPSA) is 34.1 Å². The summed E-state index contributed by atoms with van der Waals surface area (Å²) in [5.41, 5.74) is 2.43. The zero-order valence-corrected chi connectivity index (χ0v) is 12.3. The highest BCUT2D eigenvalue weighted by molar-refractivity contribution is 7.99. The van der Waals surface area contributed by atoms with Gasteiger partial charge in [-0.2, -0.15) is 0 Å². The Bertz CT molecular complexity index is 571. The first-order valence-corrected chi connectivity index (χ1v) is 7.92. The summed E-state index contributed by atoms with van der Waals surface area (Å²) in [7, 11) is 0. The average Bonchev–Trinajstić information content (AvgIpc) is 2.50. The van der Waals surface area contributed by atoms with E-state index in [2.05, 4.69) is 34.6 Å². The fourth-order valence-electron chi connectivity index (χ4n) is 2.39. The van der Waals surface area contributed by atoms with Crippen LogP contribution in [0.3, 0.4) is 0 Å². The third kappa shape index (κ3) is 2.90. The molecule has 1 N–H and O–H groups in total. The van der Waals surface area contributed by atoms with E-state index in [1.165, 1.54) is 10.5 Å². The molecule has 0 fully saturated rings. The zero-order chi connectivity index (χ0) is 13.8. The van der Waals surface area contributed by atoms with Crippen molar-refractivity contribution < 1.29 is 4.74 Å². The van der Waals surface area contributed by atoms with Gasteiger partial charge >= 0.3 is 0 Å². The number of ether oxygens (including phenoxy) is 1. The summed E-state index contributed by atoms with van der Waals surface area (Å²) in [5, 5.41) is 3.57. The second-order valence-electron chi connectivity index (χ2n) is 4.69. The molecule has 3 rings (SSSR count). The van der Waals surface area contributed by atoms with Gasteiger partial charge < -0.3 is 10.1 Å². The summed E-state index contributed by atoms with van der Waals surface area (Å²) < 4.78 is 5.36. The van der Waals surface area contributed by atoms with E-state index in [0.717, 1.165) is 17.9 Å². The van der Waals surface area contributed by atoms with Crippen molar-refractivity contribution in [2.24, 2.45) is 0 Å². The molecule has 0 saturated carbocycles. The van der Waals surface area contributed by atoms with Gasteiger partial charge in [-0.05, 0) is 31.0 Å². The van der Waals surface area contributed by atoms with Crippen molar-refractivity contribution in [1.82, 2.24) is 4.98 Å². The maximum Gasteiger partial charge on any atom is 0.213 e. The average molecular weight is 286 g/mol. The fraction of sp³-hybridized carbons (Fsp3) is 0.312. The Labute approximate surface area is 123 Å². The van der Waals surface area contributed by atoms with Gasteiger partial charge in [0.05, 0.1) is 24.5 Å². The van der Waals surface area contributed by atoms with Crippen molar-refractivity contribution in [3.8, 4) is 5.88 Å². The van der Waals surface area contributed by atoms with E-state index in [-0.39, 0.29) is 0 Å². The predicted octanol–water partition coefficient (Wildman–Crippen LogP) is 4.13. The number of hydrogen-bond acceptors (Lipinski definition) is 4. The number of nitrogens with one attached hydrogen (secondary N) is 1. The molecular formula is C16H18N2OS. The highest BCUT2D eigenvalue weighted by Gasteiger charge is 2.19. The van der Waals surface area contributed by atoms with Crippen molar-refractivity contribution in [3.63, 3.8) is 0 Å². The fourth-order valence-corrected chi connectivity index (χ4v) is 3.52. The number of aromatic nitrogens is 1. The predicted molar refractivity (Wildman–Crippen MR) is 83.6 cm³/mol. The lowest BCUT2D eigenvalue weighted by Gasteiger charge is -2.26. The van der Waals surface area contributed by atoms with Crippen LogP contribution in [0.5, 0.6) is 5.88 Å². The first kappa shape index (κ1) is 13.3. The lowest BCUT2D eigenvalue weighted by Crippen LogP contribution is -2.16. The number of benzene rings is 1. The number of pyridine rings is 1. The van der Waals surface area contributed by atoms with Crippen molar-refractivity contribution in [1.29, 1.82) is 0 Å². The first-order chi connectivity index (χ1) is 9.86. The van der Waals surface area contributed by atoms with Crippen LogP contribution in [0.2, 0.25) is 0 Å². The molecule has 1 unspecified atom stereocenters. The van der Waals surface area contributed by atoms with Gasteiger partial charge in [0.15, 0.2) is 0 Å². The minimum atomic E-state index is 0.368. The summed E-state index contributed by atoms with van der Waals surface area (Å²) in [6.07, 6.45) is 2.98. The molecule has 4 heteroatoms. The molecule has 1 aromatic heterocycles. The molecule has 0 bridgehead atoms. The van der Waals surface area contributed by atoms with Gasteiger partial charge in [-0.25, -0.2) is 4.98 Å². The molecule has 1 aliphatic rings. The van der Waals surface area contributed by atoms with Crippen LogP contribution in [0.25, 0.3) is 0 Å². The summed E-state index contributed by atoms with van der Waals surface area (Å²) in [6.45, 7) is 2.61. The SMILES string of the molecule is CCOc1ccc(NC2CCSc3ccccc32)cn1. The smallest absolute Gasteiger partial charge is 0.213 e. The highest BCUT2D eigenvalue weighted by atomic mass is 32.2. The Morgan fingerprint density at radius 3 is 3.00 bits per heavy atom. The van der Waals surface area contributed by atoms with Crippen LogP contribution < -0.4 is 10.1 Å². The number of thioether (sulfide) groups is 1. The Morgan fingerprint density at radius 1 is 1.30 bits per heavy atom. The van der Waals surface area contributed by atoms with Crippen LogP contribution in [-0.4, -0.2) is 17.3 Å². The first-order valence-electron chi connectivity index (χ1n) is 6.94. The number of fused-ring (bicyclic) bond motifs is 1. The van der Waals surface area contributed by atoms with Crippen LogP contribution >= 0.6 is 11.8 Å². The molecule has 1 aliphatic heterocycles. The van der Waals surface area contributed by atoms with Crippen LogP contribution in [0, 0.1) is 0 Å². The molecule has 1 atom stereocenters. The van der Waals surface area contributed by atoms with Crippen molar-refractivity contribution in [2.45, 2.75) is 24.3 Å². The van der Waals surface area contributed by atoms with E-state index in [0.29, 0.717) is 18.5 Å². The molecule has 2 aromatic rings. The summed E-state index contributed by atoms with van der Waals surface area (Å²) >= 11 is 1.94. The molecular weight excluding hydrogens is 268 g/mol. The molecule has 3 nitrogen and oxygen atoms in total. The minimum absolute atomic E-state index is 0.368. The third-order valence-electron chi connectivity index (χ3n) is 3.33. The maximum atomic E-state index is 5.36. The van der Waals surface area contributed by atoms with Gasteiger partial charge in [-0.3, -0.25) is 0 Å². The Morgan fingerprint density at radius 2 is 2.20 bits per heavy atom. The van der Waals surface area contributed by atoms with E-state index in [4.69, 9.17) is 4.74 Å². The van der Waals surface area contributed by atoms with E-state index in [1.807, 2.05) is 37.0 Å². The Balaban J connectivity index is 1.75. The summed E-state index contributed by atoms with van der Waals surface area (Å²) in [5.74, 6) is 1.83. The second-order valence-corrected chi connectivity index (χ2v) is 5.83. The number of nitrogens with zero attached hydrogens (tertiary/aromatic N) is 1. The number of hydrogen-bond donors (Lipinski definition) is 1. The normalized spacial score (nSPS) is 17.4. The molecule has 0 aliphatic carbocycles. The van der Waals surface area contributed by atoms with Crippen LogP contribution in [-0.2, 0) is 0 Å². The lowest BCUT2D eigenvalue weighted by atomic mass is 10.0. The molecule has 20 heavy (non-hydrogen) atoms.